The van der Waals surface area contributed by atoms with Crippen molar-refractivity contribution in [2.24, 2.45) is 5.41 Å². The molecule has 1 aromatic heterocycles. The number of rotatable bonds is 7. The van der Waals surface area contributed by atoms with Gasteiger partial charge in [0.05, 0.1) is 31.2 Å². The van der Waals surface area contributed by atoms with E-state index in [4.69, 9.17) is 4.74 Å². The van der Waals surface area contributed by atoms with Crippen molar-refractivity contribution in [1.82, 2.24) is 14.8 Å². The third-order valence-corrected chi connectivity index (χ3v) is 8.51. The number of nitrogens with zero attached hydrogens (tertiary/aromatic N) is 3. The molecule has 0 unspecified atom stereocenters. The van der Waals surface area contributed by atoms with Crippen LogP contribution in [0.4, 0.5) is 19.0 Å². The number of hydrogen-bond donors (Lipinski definition) is 1. The average molecular weight is 581 g/mol. The molecule has 2 saturated heterocycles. The molecule has 2 aromatic rings. The fourth-order valence-electron chi connectivity index (χ4n) is 5.93. The lowest BCUT2D eigenvalue weighted by Crippen LogP contribution is -2.70. The lowest BCUT2D eigenvalue weighted by molar-refractivity contribution is -0.226. The Labute approximate surface area is 223 Å². The van der Waals surface area contributed by atoms with Gasteiger partial charge in [0.2, 0.25) is 0 Å². The normalized spacial score (nSPS) is 21.5. The van der Waals surface area contributed by atoms with Crippen molar-refractivity contribution in [2.45, 2.75) is 44.1 Å². The van der Waals surface area contributed by atoms with Crippen molar-refractivity contribution in [3.8, 4) is 0 Å². The summed E-state index contributed by atoms with van der Waals surface area (Å²) in [6.07, 6.45) is 2.44. The SMILES string of the molecule is COC(=O)C[C@H](CN1CC2(CCN(Cc3ccc4c(n3)NCCC4)CC2(F)F)C1)c1cc(Br)ccc1F. The van der Waals surface area contributed by atoms with E-state index in [0.29, 0.717) is 36.1 Å². The maximum absolute atomic E-state index is 15.5. The van der Waals surface area contributed by atoms with E-state index >= 15 is 8.78 Å². The number of aryl methyl sites for hydroxylation is 1. The van der Waals surface area contributed by atoms with Gasteiger partial charge in [-0.15, -0.1) is 0 Å². The molecule has 6 nitrogen and oxygen atoms in total. The smallest absolute Gasteiger partial charge is 0.306 e. The molecule has 1 atom stereocenters. The number of carbonyl (C=O) groups is 1. The molecule has 0 radical (unpaired) electrons. The maximum Gasteiger partial charge on any atom is 0.306 e. The number of anilines is 1. The van der Waals surface area contributed by atoms with Crippen LogP contribution in [0.1, 0.15) is 42.0 Å². The molecule has 200 valence electrons. The van der Waals surface area contributed by atoms with E-state index in [1.54, 1.807) is 17.0 Å². The molecule has 5 rings (SSSR count). The third-order valence-electron chi connectivity index (χ3n) is 8.01. The first kappa shape index (κ1) is 26.4. The Hall–Kier alpha value is -2.17. The number of halogens is 4. The topological polar surface area (TPSA) is 57.7 Å². The van der Waals surface area contributed by atoms with Crippen LogP contribution in [0, 0.1) is 11.2 Å². The molecule has 2 fully saturated rings. The first-order valence-corrected chi connectivity index (χ1v) is 13.5. The summed E-state index contributed by atoms with van der Waals surface area (Å²) in [4.78, 5) is 20.4. The number of alkyl halides is 2. The van der Waals surface area contributed by atoms with Crippen LogP contribution >= 0.6 is 15.9 Å². The number of carbonyl (C=O) groups excluding carboxylic acids is 1. The molecule has 4 heterocycles. The zero-order valence-electron chi connectivity index (χ0n) is 20.9. The van der Waals surface area contributed by atoms with Crippen LogP contribution in [-0.4, -0.2) is 73.1 Å². The molecular weight excluding hydrogens is 549 g/mol. The van der Waals surface area contributed by atoms with E-state index in [1.165, 1.54) is 18.7 Å². The second kappa shape index (κ2) is 10.5. The highest BCUT2D eigenvalue weighted by atomic mass is 79.9. The van der Waals surface area contributed by atoms with Gasteiger partial charge < -0.3 is 15.0 Å². The fourth-order valence-corrected chi connectivity index (χ4v) is 6.31. The average Bonchev–Trinajstić information content (AvgIpc) is 2.85. The zero-order chi connectivity index (χ0) is 26.2. The quantitative estimate of drug-likeness (QED) is 0.473. The first-order chi connectivity index (χ1) is 17.7. The summed E-state index contributed by atoms with van der Waals surface area (Å²) in [7, 11) is 1.29. The summed E-state index contributed by atoms with van der Waals surface area (Å²) < 4.78 is 51.1. The Balaban J connectivity index is 1.22. The van der Waals surface area contributed by atoms with Crippen LogP contribution in [0.25, 0.3) is 0 Å². The highest BCUT2D eigenvalue weighted by Gasteiger charge is 2.62. The summed E-state index contributed by atoms with van der Waals surface area (Å²) in [6.45, 7) is 2.31. The van der Waals surface area contributed by atoms with Crippen molar-refractivity contribution in [1.29, 1.82) is 0 Å². The van der Waals surface area contributed by atoms with Crippen LogP contribution in [0.15, 0.2) is 34.8 Å². The van der Waals surface area contributed by atoms with Crippen molar-refractivity contribution in [3.63, 3.8) is 0 Å². The molecule has 1 N–H and O–H groups in total. The first-order valence-electron chi connectivity index (χ1n) is 12.7. The predicted molar refractivity (Wildman–Crippen MR) is 138 cm³/mol. The van der Waals surface area contributed by atoms with E-state index in [1.807, 2.05) is 11.0 Å². The molecule has 10 heteroatoms. The van der Waals surface area contributed by atoms with Gasteiger partial charge in [0, 0.05) is 43.1 Å². The van der Waals surface area contributed by atoms with Gasteiger partial charge >= 0.3 is 5.97 Å². The zero-order valence-corrected chi connectivity index (χ0v) is 22.5. The molecule has 0 saturated carbocycles. The van der Waals surface area contributed by atoms with Crippen molar-refractivity contribution < 1.29 is 22.7 Å². The minimum absolute atomic E-state index is 0.0137. The fraction of sp³-hybridized carbons (Fsp3) is 0.556. The van der Waals surface area contributed by atoms with Gasteiger partial charge in [0.1, 0.15) is 11.6 Å². The van der Waals surface area contributed by atoms with E-state index in [9.17, 15) is 9.18 Å². The number of ether oxygens (including phenoxy) is 1. The lowest BCUT2D eigenvalue weighted by Gasteiger charge is -2.58. The summed E-state index contributed by atoms with van der Waals surface area (Å²) in [5.41, 5.74) is 1.27. The minimum atomic E-state index is -2.85. The molecular formula is C27H32BrF3N4O2. The molecule has 0 aliphatic carbocycles. The highest BCUT2D eigenvalue weighted by molar-refractivity contribution is 9.10. The van der Waals surface area contributed by atoms with Gasteiger partial charge in [-0.3, -0.25) is 9.69 Å². The maximum atomic E-state index is 15.5. The number of nitrogens with one attached hydrogen (secondary N) is 1. The van der Waals surface area contributed by atoms with Gasteiger partial charge in [-0.25, -0.2) is 18.2 Å². The molecule has 0 bridgehead atoms. The van der Waals surface area contributed by atoms with E-state index < -0.39 is 29.0 Å². The van der Waals surface area contributed by atoms with E-state index in [0.717, 1.165) is 30.9 Å². The number of esters is 1. The Kier molecular flexibility index (Phi) is 7.53. The molecule has 0 amide bonds. The van der Waals surface area contributed by atoms with Crippen molar-refractivity contribution in [3.05, 3.63) is 57.4 Å². The van der Waals surface area contributed by atoms with Crippen LogP contribution in [0.2, 0.25) is 0 Å². The van der Waals surface area contributed by atoms with Crippen LogP contribution < -0.4 is 5.32 Å². The molecule has 1 spiro atoms. The Morgan fingerprint density at radius 2 is 2.03 bits per heavy atom. The largest absolute Gasteiger partial charge is 0.469 e. The Morgan fingerprint density at radius 1 is 1.22 bits per heavy atom. The standard InChI is InChI=1S/C27H32BrF3N4O2/c1-37-24(36)11-19(22-12-20(28)5-7-23(22)29)13-35-15-26(16-35)8-10-34(17-27(26,30)31)14-21-6-4-18-3-2-9-32-25(18)33-21/h4-7,12,19H,2-3,8-11,13-17H2,1H3,(H,32,33)/t19-/m1/s1. The van der Waals surface area contributed by atoms with Crippen LogP contribution in [-0.2, 0) is 22.5 Å². The van der Waals surface area contributed by atoms with Gasteiger partial charge in [0.25, 0.3) is 5.92 Å². The monoisotopic (exact) mass is 580 g/mol. The lowest BCUT2D eigenvalue weighted by atomic mass is 9.68. The highest BCUT2D eigenvalue weighted by Crippen LogP contribution is 2.50. The number of aromatic nitrogens is 1. The van der Waals surface area contributed by atoms with Gasteiger partial charge in [-0.2, -0.15) is 0 Å². The number of methoxy groups -OCH3 is 1. The van der Waals surface area contributed by atoms with Crippen LogP contribution in [0.3, 0.4) is 0 Å². The third kappa shape index (κ3) is 5.52. The van der Waals surface area contributed by atoms with Crippen LogP contribution in [0.5, 0.6) is 0 Å². The molecule has 3 aliphatic heterocycles. The number of pyridine rings is 1. The summed E-state index contributed by atoms with van der Waals surface area (Å²) in [5.74, 6) is -3.34. The second-order valence-corrected chi connectivity index (χ2v) is 11.5. The summed E-state index contributed by atoms with van der Waals surface area (Å²) in [5, 5.41) is 3.30. The Morgan fingerprint density at radius 3 is 2.78 bits per heavy atom. The van der Waals surface area contributed by atoms with Crippen molar-refractivity contribution >= 4 is 27.7 Å². The molecule has 3 aliphatic rings. The summed E-state index contributed by atoms with van der Waals surface area (Å²) in [6, 6.07) is 8.59. The molecule has 37 heavy (non-hydrogen) atoms. The van der Waals surface area contributed by atoms with Gasteiger partial charge in [0.15, 0.2) is 0 Å². The Bertz CT molecular complexity index is 1160. The van der Waals surface area contributed by atoms with Gasteiger partial charge in [-0.05, 0) is 61.2 Å². The number of fused-ring (bicyclic) bond motifs is 1. The number of hydrogen-bond acceptors (Lipinski definition) is 6. The number of likely N-dealkylation sites (tertiary alicyclic amines) is 2. The minimum Gasteiger partial charge on any atom is -0.469 e. The summed E-state index contributed by atoms with van der Waals surface area (Å²) >= 11 is 3.36. The van der Waals surface area contributed by atoms with E-state index in [-0.39, 0.29) is 26.1 Å². The van der Waals surface area contributed by atoms with Crippen molar-refractivity contribution in [2.75, 3.05) is 51.7 Å². The second-order valence-electron chi connectivity index (χ2n) is 10.6. The molecule has 1 aromatic carbocycles. The number of piperidine rings is 1. The number of benzene rings is 1. The predicted octanol–water partition coefficient (Wildman–Crippen LogP) is 4.83. The van der Waals surface area contributed by atoms with E-state index in [2.05, 4.69) is 32.3 Å². The van der Waals surface area contributed by atoms with Gasteiger partial charge in [-0.1, -0.05) is 22.0 Å².